The summed E-state index contributed by atoms with van der Waals surface area (Å²) in [6.45, 7) is 37.3. The fraction of sp³-hybridized carbons (Fsp3) is 0.234. The van der Waals surface area contributed by atoms with Crippen LogP contribution in [0.1, 0.15) is 154 Å². The van der Waals surface area contributed by atoms with Crippen LogP contribution < -0.4 is 25.4 Å². The first-order valence-electron chi connectivity index (χ1n) is 35.5. The van der Waals surface area contributed by atoms with Crippen LogP contribution in [-0.2, 0) is 32.5 Å². The van der Waals surface area contributed by atoms with Crippen molar-refractivity contribution < 1.29 is 4.42 Å². The largest absolute Gasteiger partial charge is 0.454 e. The molecule has 14 aromatic rings. The number of para-hydroxylation sites is 3. The molecule has 1 aliphatic carbocycles. The third-order valence-electron chi connectivity index (χ3n) is 21.5. The molecule has 3 nitrogen and oxygen atoms in total. The van der Waals surface area contributed by atoms with Gasteiger partial charge in [0.05, 0.1) is 21.5 Å². The Morgan fingerprint density at radius 1 is 0.333 bits per heavy atom. The molecule has 0 saturated carbocycles. The van der Waals surface area contributed by atoms with E-state index in [1.807, 2.05) is 11.3 Å². The first-order valence-corrected chi connectivity index (χ1v) is 38.8. The number of hydrogen-bond acceptors (Lipinski definition) is 4. The summed E-state index contributed by atoms with van der Waals surface area (Å²) in [7, 11) is -2.75. The molecule has 0 saturated heterocycles. The molecule has 1 atom stereocenters. The van der Waals surface area contributed by atoms with Gasteiger partial charge in [0.1, 0.15) is 13.7 Å². The van der Waals surface area contributed by atoms with E-state index in [1.165, 1.54) is 96.9 Å². The Kier molecular flexibility index (Phi) is 15.8. The van der Waals surface area contributed by atoms with E-state index in [4.69, 9.17) is 4.42 Å². The maximum atomic E-state index is 7.60. The van der Waals surface area contributed by atoms with Crippen LogP contribution in [0.25, 0.3) is 53.2 Å². The first-order chi connectivity index (χ1) is 47.1. The summed E-state index contributed by atoms with van der Waals surface area (Å²) in [6, 6.07) is 103. The fourth-order valence-electron chi connectivity index (χ4n) is 15.8. The number of furan rings is 1. The molecule has 2 aromatic heterocycles. The van der Waals surface area contributed by atoms with Gasteiger partial charge in [0.15, 0.2) is 5.58 Å². The lowest BCUT2D eigenvalue weighted by Crippen LogP contribution is -2.64. The minimum Gasteiger partial charge on any atom is -0.454 e. The van der Waals surface area contributed by atoms with E-state index >= 15 is 0 Å². The van der Waals surface area contributed by atoms with Crippen molar-refractivity contribution in [3.8, 4) is 11.1 Å². The minimum atomic E-state index is -2.75. The second-order valence-electron chi connectivity index (χ2n) is 33.1. The molecule has 0 aliphatic heterocycles. The fourth-order valence-corrected chi connectivity index (χ4v) is 20.5. The number of benzene rings is 12. The molecule has 1 aliphatic rings. The Morgan fingerprint density at radius 3 is 1.11 bits per heavy atom. The molecule has 0 bridgehead atoms. The zero-order valence-corrected chi connectivity index (χ0v) is 62.4. The molecule has 0 N–H and O–H groups in total. The Morgan fingerprint density at radius 2 is 0.667 bits per heavy atom. The van der Waals surface area contributed by atoms with Crippen molar-refractivity contribution in [3.63, 3.8) is 0 Å². The van der Waals surface area contributed by atoms with Gasteiger partial charge in [-0.1, -0.05) is 305 Å². The summed E-state index contributed by atoms with van der Waals surface area (Å²) in [4.78, 5) is 5.01. The van der Waals surface area contributed by atoms with Crippen LogP contribution in [0.2, 0.25) is 6.55 Å². The van der Waals surface area contributed by atoms with Gasteiger partial charge in [-0.15, -0.1) is 11.3 Å². The average Bonchev–Trinajstić information content (AvgIpc) is 1.50. The molecule has 0 fully saturated rings. The maximum absolute atomic E-state index is 7.60. The van der Waals surface area contributed by atoms with Gasteiger partial charge in [-0.05, 0) is 177 Å². The van der Waals surface area contributed by atoms with E-state index in [0.717, 1.165) is 56.1 Å². The van der Waals surface area contributed by atoms with Crippen molar-refractivity contribution in [2.24, 2.45) is 0 Å². The molecule has 5 heteroatoms. The Bertz CT molecular complexity index is 5060. The number of anilines is 6. The van der Waals surface area contributed by atoms with Crippen molar-refractivity contribution in [2.75, 3.05) is 9.80 Å². The predicted octanol–water partition coefficient (Wildman–Crippen LogP) is 24.8. The average molecular weight is 1330 g/mol. The predicted molar refractivity (Wildman–Crippen MR) is 430 cm³/mol. The van der Waals surface area contributed by atoms with Crippen LogP contribution in [0.3, 0.4) is 0 Å². The van der Waals surface area contributed by atoms with Gasteiger partial charge in [0, 0.05) is 49.0 Å². The summed E-state index contributed by atoms with van der Waals surface area (Å²) >= 11 is 1.90. The lowest BCUT2D eigenvalue weighted by Gasteiger charge is -2.37. The van der Waals surface area contributed by atoms with Gasteiger partial charge in [-0.3, -0.25) is 0 Å². The van der Waals surface area contributed by atoms with Crippen molar-refractivity contribution in [2.45, 2.75) is 143 Å². The highest BCUT2D eigenvalue weighted by atomic mass is 32.1. The van der Waals surface area contributed by atoms with Gasteiger partial charge in [-0.2, -0.15) is 0 Å². The summed E-state index contributed by atoms with van der Waals surface area (Å²) in [6.07, 6.45) is 0. The third-order valence-corrected chi connectivity index (χ3v) is 27.2. The van der Waals surface area contributed by atoms with E-state index in [0.29, 0.717) is 0 Å². The standard InChI is InChI=1S/C94H92N2OSSi/c1-89(2,3)61-35-37-66(38-36-61)94(67-47-57-74(58-48-67)99(16,72-53-43-64(44-54-72)92(10,11)12)73-55-45-65(46-56-73)93(13,14)15)77-59-79(95(68-27-19-17-20-28-68)70-49-39-62(40-50-70)90(4,5)6)87-83(75-31-23-25-33-81(75)97-87)85(77)86-78(94)60-80(88-84(86)76-32-24-26-34-82(76)98-88)96(69-29-21-18-22-30-69)71-51-41-63(42-52-71)91(7,8)9/h17-60H,1-16H3. The first kappa shape index (κ1) is 65.4. The molecule has 1 unspecified atom stereocenters. The second-order valence-corrected chi connectivity index (χ2v) is 38.1. The molecular weight excluding hydrogens is 1230 g/mol. The van der Waals surface area contributed by atoms with Crippen LogP contribution in [-0.4, -0.2) is 8.07 Å². The van der Waals surface area contributed by atoms with Crippen LogP contribution in [0.5, 0.6) is 0 Å². The molecule has 12 aromatic carbocycles. The normalized spacial score (nSPS) is 14.5. The van der Waals surface area contributed by atoms with E-state index in [9.17, 15) is 0 Å². The van der Waals surface area contributed by atoms with E-state index < -0.39 is 13.5 Å². The molecule has 2 heterocycles. The topological polar surface area (TPSA) is 19.6 Å². The van der Waals surface area contributed by atoms with Crippen LogP contribution in [0.4, 0.5) is 34.1 Å². The molecule has 494 valence electrons. The third kappa shape index (κ3) is 11.1. The molecule has 15 rings (SSSR count). The molecule has 0 radical (unpaired) electrons. The van der Waals surface area contributed by atoms with Crippen molar-refractivity contribution in [1.29, 1.82) is 0 Å². The number of hydrogen-bond donors (Lipinski definition) is 0. The quantitative estimate of drug-likeness (QED) is 0.0950. The highest BCUT2D eigenvalue weighted by Crippen LogP contribution is 2.65. The maximum Gasteiger partial charge on any atom is 0.160 e. The van der Waals surface area contributed by atoms with Crippen LogP contribution in [0.15, 0.2) is 271 Å². The smallest absolute Gasteiger partial charge is 0.160 e. The lowest BCUT2D eigenvalue weighted by atomic mass is 9.67. The van der Waals surface area contributed by atoms with E-state index in [2.05, 4.69) is 387 Å². The Labute approximate surface area is 592 Å². The van der Waals surface area contributed by atoms with Gasteiger partial charge in [-0.25, -0.2) is 0 Å². The van der Waals surface area contributed by atoms with Gasteiger partial charge < -0.3 is 14.2 Å². The molecule has 0 spiro atoms. The second kappa shape index (κ2) is 23.9. The number of fused-ring (bicyclic) bond motifs is 11. The van der Waals surface area contributed by atoms with Crippen LogP contribution >= 0.6 is 11.3 Å². The minimum absolute atomic E-state index is 0.0126. The molecular formula is C94H92N2OSSi. The monoisotopic (exact) mass is 1320 g/mol. The van der Waals surface area contributed by atoms with Crippen molar-refractivity contribution >= 4 is 111 Å². The van der Waals surface area contributed by atoms with Gasteiger partial charge in [0.2, 0.25) is 0 Å². The summed E-state index contributed by atoms with van der Waals surface area (Å²) in [5, 5.41) is 8.80. The van der Waals surface area contributed by atoms with Crippen LogP contribution in [0, 0.1) is 0 Å². The highest BCUT2D eigenvalue weighted by molar-refractivity contribution is 7.26. The molecule has 0 amide bonds. The SMILES string of the molecule is CC(C)(C)c1ccc(N(c2ccccc2)c2cc3c(c4c2oc2ccccc24)-c2c(cc(N(c4ccccc4)c4ccc(C(C)(C)C)cc4)c4sc5ccccc5c24)C3(c2ccc(C(C)(C)C)cc2)c2ccc([Si](C)(c3ccc(C(C)(C)C)cc3)c3ccc(C(C)(C)C)cc3)cc2)cc1. The summed E-state index contributed by atoms with van der Waals surface area (Å²) < 4.78 is 10.1. The lowest BCUT2D eigenvalue weighted by molar-refractivity contribution is 0.589. The number of rotatable bonds is 11. The van der Waals surface area contributed by atoms with E-state index in [1.54, 1.807) is 0 Å². The zero-order valence-electron chi connectivity index (χ0n) is 60.6. The van der Waals surface area contributed by atoms with Gasteiger partial charge in [0.25, 0.3) is 0 Å². The zero-order chi connectivity index (χ0) is 69.3. The highest BCUT2D eigenvalue weighted by Gasteiger charge is 2.51. The van der Waals surface area contributed by atoms with Gasteiger partial charge >= 0.3 is 0 Å². The van der Waals surface area contributed by atoms with Crippen molar-refractivity contribution in [3.05, 3.63) is 317 Å². The summed E-state index contributed by atoms with van der Waals surface area (Å²) in [5.74, 6) is 0. The molecule has 99 heavy (non-hydrogen) atoms. The van der Waals surface area contributed by atoms with E-state index in [-0.39, 0.29) is 27.1 Å². The Balaban J connectivity index is 1.13. The number of nitrogens with zero attached hydrogens (tertiary/aromatic N) is 2. The number of thiophene rings is 1. The summed E-state index contributed by atoms with van der Waals surface area (Å²) in [5.41, 5.74) is 20.8. The Hall–Kier alpha value is -9.52. The van der Waals surface area contributed by atoms with Crippen molar-refractivity contribution in [1.82, 2.24) is 0 Å².